The van der Waals surface area contributed by atoms with E-state index in [1.54, 1.807) is 23.1 Å². The zero-order valence-corrected chi connectivity index (χ0v) is 13.8. The van der Waals surface area contributed by atoms with Gasteiger partial charge in [-0.1, -0.05) is 29.8 Å². The van der Waals surface area contributed by atoms with Crippen molar-refractivity contribution in [2.45, 2.75) is 20.4 Å². The van der Waals surface area contributed by atoms with Gasteiger partial charge in [-0.3, -0.25) is 9.59 Å². The third-order valence-electron chi connectivity index (χ3n) is 4.07. The first-order valence-corrected chi connectivity index (χ1v) is 7.87. The lowest BCUT2D eigenvalue weighted by atomic mass is 10.0. The highest BCUT2D eigenvalue weighted by atomic mass is 35.5. The number of carbonyl (C=O) groups excluding carboxylic acids is 2. The number of nitrogens with zero attached hydrogens (tertiary/aromatic N) is 1. The SMILES string of the molecule is CCN1Cc2cccc(C(=O)Nc3ccc(C)c(Cl)c3)c2C1=O. The summed E-state index contributed by atoms with van der Waals surface area (Å²) in [5, 5.41) is 3.41. The summed E-state index contributed by atoms with van der Waals surface area (Å²) in [5.41, 5.74) is 3.36. The van der Waals surface area contributed by atoms with E-state index in [9.17, 15) is 9.59 Å². The molecule has 0 radical (unpaired) electrons. The fourth-order valence-corrected chi connectivity index (χ4v) is 2.91. The van der Waals surface area contributed by atoms with E-state index in [-0.39, 0.29) is 11.8 Å². The third-order valence-corrected chi connectivity index (χ3v) is 4.48. The highest BCUT2D eigenvalue weighted by molar-refractivity contribution is 6.31. The van der Waals surface area contributed by atoms with Crippen molar-refractivity contribution >= 4 is 29.1 Å². The van der Waals surface area contributed by atoms with E-state index in [1.165, 1.54) is 0 Å². The largest absolute Gasteiger partial charge is 0.335 e. The summed E-state index contributed by atoms with van der Waals surface area (Å²) < 4.78 is 0. The number of anilines is 1. The quantitative estimate of drug-likeness (QED) is 0.929. The molecule has 5 heteroatoms. The minimum atomic E-state index is -0.298. The molecule has 118 valence electrons. The molecular formula is C18H17ClN2O2. The number of rotatable bonds is 3. The number of hydrogen-bond donors (Lipinski definition) is 1. The zero-order valence-electron chi connectivity index (χ0n) is 13.0. The predicted octanol–water partition coefficient (Wildman–Crippen LogP) is 3.88. The Hall–Kier alpha value is -2.33. The van der Waals surface area contributed by atoms with Gasteiger partial charge in [0.25, 0.3) is 11.8 Å². The van der Waals surface area contributed by atoms with Crippen LogP contribution >= 0.6 is 11.6 Å². The first-order chi connectivity index (χ1) is 11.0. The fourth-order valence-electron chi connectivity index (χ4n) is 2.73. The molecule has 0 aromatic heterocycles. The lowest BCUT2D eigenvalue weighted by Gasteiger charge is -2.12. The number of aryl methyl sites for hydroxylation is 1. The Balaban J connectivity index is 1.91. The molecule has 1 aliphatic heterocycles. The van der Waals surface area contributed by atoms with E-state index in [0.717, 1.165) is 11.1 Å². The molecule has 0 fully saturated rings. The minimum Gasteiger partial charge on any atom is -0.335 e. The van der Waals surface area contributed by atoms with E-state index in [1.807, 2.05) is 32.0 Å². The van der Waals surface area contributed by atoms with Crippen molar-refractivity contribution < 1.29 is 9.59 Å². The molecule has 3 rings (SSSR count). The Kier molecular flexibility index (Phi) is 4.09. The van der Waals surface area contributed by atoms with Gasteiger partial charge in [-0.15, -0.1) is 0 Å². The smallest absolute Gasteiger partial charge is 0.256 e. The average Bonchev–Trinajstić information content (AvgIpc) is 2.87. The zero-order chi connectivity index (χ0) is 16.6. The molecule has 0 unspecified atom stereocenters. The first kappa shape index (κ1) is 15.6. The molecule has 1 N–H and O–H groups in total. The van der Waals surface area contributed by atoms with E-state index in [2.05, 4.69) is 5.32 Å². The maximum Gasteiger partial charge on any atom is 0.256 e. The minimum absolute atomic E-state index is 0.0878. The Morgan fingerprint density at radius 3 is 2.78 bits per heavy atom. The fraction of sp³-hybridized carbons (Fsp3) is 0.222. The van der Waals surface area contributed by atoms with Crippen molar-refractivity contribution in [1.29, 1.82) is 0 Å². The van der Waals surface area contributed by atoms with Crippen LogP contribution < -0.4 is 5.32 Å². The monoisotopic (exact) mass is 328 g/mol. The molecule has 1 heterocycles. The van der Waals surface area contributed by atoms with Crippen molar-refractivity contribution in [1.82, 2.24) is 4.90 Å². The van der Waals surface area contributed by atoms with E-state index >= 15 is 0 Å². The Morgan fingerprint density at radius 1 is 1.30 bits per heavy atom. The van der Waals surface area contributed by atoms with Gasteiger partial charge in [0.05, 0.1) is 11.1 Å². The highest BCUT2D eigenvalue weighted by Crippen LogP contribution is 2.27. The molecule has 2 amide bonds. The van der Waals surface area contributed by atoms with Crippen LogP contribution in [0.5, 0.6) is 0 Å². The van der Waals surface area contributed by atoms with Gasteiger partial charge in [0, 0.05) is 23.8 Å². The average molecular weight is 329 g/mol. The molecule has 0 spiro atoms. The summed E-state index contributed by atoms with van der Waals surface area (Å²) in [6.45, 7) is 5.01. The van der Waals surface area contributed by atoms with Gasteiger partial charge < -0.3 is 10.2 Å². The molecule has 0 bridgehead atoms. The van der Waals surface area contributed by atoms with Gasteiger partial charge in [-0.05, 0) is 43.2 Å². The van der Waals surface area contributed by atoms with Crippen LogP contribution in [-0.2, 0) is 6.54 Å². The molecule has 23 heavy (non-hydrogen) atoms. The first-order valence-electron chi connectivity index (χ1n) is 7.50. The van der Waals surface area contributed by atoms with Crippen LogP contribution in [0.2, 0.25) is 5.02 Å². The number of benzene rings is 2. The van der Waals surface area contributed by atoms with Crippen LogP contribution in [0.1, 0.15) is 38.8 Å². The summed E-state index contributed by atoms with van der Waals surface area (Å²) in [7, 11) is 0. The van der Waals surface area contributed by atoms with Gasteiger partial charge >= 0.3 is 0 Å². The molecule has 1 aliphatic rings. The number of halogens is 1. The number of carbonyl (C=O) groups is 2. The van der Waals surface area contributed by atoms with Gasteiger partial charge in [-0.2, -0.15) is 0 Å². The molecule has 0 atom stereocenters. The molecule has 0 saturated heterocycles. The van der Waals surface area contributed by atoms with Crippen LogP contribution in [0.25, 0.3) is 0 Å². The normalized spacial score (nSPS) is 13.2. The lowest BCUT2D eigenvalue weighted by Crippen LogP contribution is -2.24. The number of hydrogen-bond acceptors (Lipinski definition) is 2. The molecule has 4 nitrogen and oxygen atoms in total. The summed E-state index contributed by atoms with van der Waals surface area (Å²) in [5.74, 6) is -0.386. The van der Waals surface area contributed by atoms with E-state index < -0.39 is 0 Å². The Morgan fingerprint density at radius 2 is 2.09 bits per heavy atom. The summed E-state index contributed by atoms with van der Waals surface area (Å²) in [6.07, 6.45) is 0. The molecule has 0 aliphatic carbocycles. The number of amides is 2. The Bertz CT molecular complexity index is 802. The van der Waals surface area contributed by atoms with Gasteiger partial charge in [-0.25, -0.2) is 0 Å². The van der Waals surface area contributed by atoms with Crippen molar-refractivity contribution in [3.63, 3.8) is 0 Å². The van der Waals surface area contributed by atoms with Crippen molar-refractivity contribution in [3.8, 4) is 0 Å². The summed E-state index contributed by atoms with van der Waals surface area (Å²) in [4.78, 5) is 26.7. The molecular weight excluding hydrogens is 312 g/mol. The van der Waals surface area contributed by atoms with Crippen LogP contribution in [0, 0.1) is 6.92 Å². The molecule has 2 aromatic carbocycles. The second kappa shape index (κ2) is 6.05. The van der Waals surface area contributed by atoms with E-state index in [0.29, 0.717) is 34.9 Å². The van der Waals surface area contributed by atoms with Gasteiger partial charge in [0.2, 0.25) is 0 Å². The lowest BCUT2D eigenvalue weighted by molar-refractivity contribution is 0.0783. The van der Waals surface area contributed by atoms with Crippen LogP contribution in [0.15, 0.2) is 36.4 Å². The standard InChI is InChI=1S/C18H17ClN2O2/c1-3-21-10-12-5-4-6-14(16(12)18(21)23)17(22)20-13-8-7-11(2)15(19)9-13/h4-9H,3,10H2,1-2H3,(H,20,22). The predicted molar refractivity (Wildman–Crippen MR) is 91.0 cm³/mol. The highest BCUT2D eigenvalue weighted by Gasteiger charge is 2.30. The van der Waals surface area contributed by atoms with Gasteiger partial charge in [0.1, 0.15) is 0 Å². The van der Waals surface area contributed by atoms with Crippen LogP contribution in [0.3, 0.4) is 0 Å². The third kappa shape index (κ3) is 2.82. The topological polar surface area (TPSA) is 49.4 Å². The van der Waals surface area contributed by atoms with Crippen LogP contribution in [0.4, 0.5) is 5.69 Å². The maximum atomic E-state index is 12.6. The number of fused-ring (bicyclic) bond motifs is 1. The van der Waals surface area contributed by atoms with E-state index in [4.69, 9.17) is 11.6 Å². The maximum absolute atomic E-state index is 12.6. The van der Waals surface area contributed by atoms with Crippen molar-refractivity contribution in [3.05, 3.63) is 63.7 Å². The summed E-state index contributed by atoms with van der Waals surface area (Å²) >= 11 is 6.09. The van der Waals surface area contributed by atoms with Crippen LogP contribution in [-0.4, -0.2) is 23.3 Å². The van der Waals surface area contributed by atoms with Crippen molar-refractivity contribution in [2.75, 3.05) is 11.9 Å². The number of nitrogens with one attached hydrogen (secondary N) is 1. The van der Waals surface area contributed by atoms with Crippen molar-refractivity contribution in [2.24, 2.45) is 0 Å². The molecule has 0 saturated carbocycles. The van der Waals surface area contributed by atoms with Gasteiger partial charge in [0.15, 0.2) is 0 Å². The Labute approximate surface area is 140 Å². The second-order valence-electron chi connectivity index (χ2n) is 5.58. The molecule has 2 aromatic rings. The second-order valence-corrected chi connectivity index (χ2v) is 5.98. The summed E-state index contributed by atoms with van der Waals surface area (Å²) in [6, 6.07) is 10.7.